The van der Waals surface area contributed by atoms with Gasteiger partial charge in [0.15, 0.2) is 0 Å². The van der Waals surface area contributed by atoms with Crippen molar-refractivity contribution in [1.29, 1.82) is 0 Å². The maximum atomic E-state index is 13.4. The van der Waals surface area contributed by atoms with Gasteiger partial charge in [0.2, 0.25) is 0 Å². The van der Waals surface area contributed by atoms with Gasteiger partial charge in [0.05, 0.1) is 5.56 Å². The van der Waals surface area contributed by atoms with Gasteiger partial charge in [-0.05, 0) is 24.7 Å². The van der Waals surface area contributed by atoms with Gasteiger partial charge in [-0.2, -0.15) is 13.2 Å². The third kappa shape index (κ3) is 3.54. The first-order valence-corrected chi connectivity index (χ1v) is 5.01. The van der Waals surface area contributed by atoms with Crippen molar-refractivity contribution in [3.05, 3.63) is 34.3 Å². The van der Waals surface area contributed by atoms with Crippen LogP contribution < -0.4 is 5.73 Å². The SMILES string of the molecule is NCCC(F)(F)c1cc(Cl)cc(C(F)(F)F)c1. The summed E-state index contributed by atoms with van der Waals surface area (Å²) in [6.07, 6.45) is -5.44. The number of rotatable bonds is 3. The highest BCUT2D eigenvalue weighted by Gasteiger charge is 2.36. The molecule has 2 N–H and O–H groups in total. The molecule has 0 radical (unpaired) electrons. The molecule has 1 nitrogen and oxygen atoms in total. The standard InChI is InChI=1S/C10H9ClF5N/c11-8-4-6(9(12,13)1-2-17)3-7(5-8)10(14,15)16/h3-5H,1-2,17H2. The highest BCUT2D eigenvalue weighted by atomic mass is 35.5. The van der Waals surface area contributed by atoms with E-state index in [0.29, 0.717) is 12.1 Å². The molecule has 1 aromatic rings. The molecule has 0 aliphatic rings. The molecule has 0 aliphatic carbocycles. The third-order valence-corrected chi connectivity index (χ3v) is 2.32. The second-order valence-electron chi connectivity index (χ2n) is 3.47. The molecule has 0 saturated heterocycles. The van der Waals surface area contributed by atoms with Gasteiger partial charge in [0, 0.05) is 17.0 Å². The van der Waals surface area contributed by atoms with Crippen LogP contribution in [0.25, 0.3) is 0 Å². The van der Waals surface area contributed by atoms with Crippen LogP contribution in [-0.2, 0) is 12.1 Å². The molecule has 0 spiro atoms. The van der Waals surface area contributed by atoms with Gasteiger partial charge >= 0.3 is 6.18 Å². The molecule has 0 fully saturated rings. The number of benzene rings is 1. The summed E-state index contributed by atoms with van der Waals surface area (Å²) in [5.74, 6) is -3.42. The fourth-order valence-corrected chi connectivity index (χ4v) is 1.53. The van der Waals surface area contributed by atoms with Crippen molar-refractivity contribution in [3.8, 4) is 0 Å². The van der Waals surface area contributed by atoms with Crippen molar-refractivity contribution in [3.63, 3.8) is 0 Å². The summed E-state index contributed by atoms with van der Waals surface area (Å²) >= 11 is 5.40. The Balaban J connectivity index is 3.23. The quantitative estimate of drug-likeness (QED) is 0.833. The van der Waals surface area contributed by atoms with E-state index >= 15 is 0 Å². The van der Waals surface area contributed by atoms with E-state index in [0.717, 1.165) is 6.07 Å². The molecule has 0 aliphatic heterocycles. The summed E-state index contributed by atoms with van der Waals surface area (Å²) in [5, 5.41) is -0.383. The van der Waals surface area contributed by atoms with Crippen molar-refractivity contribution in [1.82, 2.24) is 0 Å². The molecule has 0 heterocycles. The average Bonchev–Trinajstić information content (AvgIpc) is 2.15. The Hall–Kier alpha value is -0.880. The predicted octanol–water partition coefficient (Wildman–Crippen LogP) is 3.80. The summed E-state index contributed by atoms with van der Waals surface area (Å²) in [6.45, 7) is -0.332. The molecule has 0 atom stereocenters. The molecular weight excluding hydrogens is 265 g/mol. The highest BCUT2D eigenvalue weighted by molar-refractivity contribution is 6.30. The van der Waals surface area contributed by atoms with Crippen molar-refractivity contribution in [2.75, 3.05) is 6.54 Å². The number of hydrogen-bond acceptors (Lipinski definition) is 1. The largest absolute Gasteiger partial charge is 0.416 e. The first-order chi connectivity index (χ1) is 7.66. The Kier molecular flexibility index (Phi) is 3.99. The van der Waals surface area contributed by atoms with Crippen LogP contribution in [0.1, 0.15) is 17.5 Å². The molecule has 0 aromatic heterocycles. The molecule has 1 rings (SSSR count). The number of hydrogen-bond donors (Lipinski definition) is 1. The fraction of sp³-hybridized carbons (Fsp3) is 0.400. The Bertz CT molecular complexity index is 402. The summed E-state index contributed by atoms with van der Waals surface area (Å²) < 4.78 is 64.0. The minimum absolute atomic E-state index is 0.332. The molecular formula is C10H9ClF5N. The number of alkyl halides is 5. The van der Waals surface area contributed by atoms with E-state index in [1.165, 1.54) is 0 Å². The maximum Gasteiger partial charge on any atom is 0.416 e. The lowest BCUT2D eigenvalue weighted by molar-refractivity contribution is -0.137. The molecule has 0 amide bonds. The van der Waals surface area contributed by atoms with E-state index in [1.807, 2.05) is 0 Å². The van der Waals surface area contributed by atoms with E-state index in [-0.39, 0.29) is 11.6 Å². The number of halogens is 6. The molecule has 0 saturated carbocycles. The van der Waals surface area contributed by atoms with Crippen LogP contribution >= 0.6 is 11.6 Å². The molecule has 96 valence electrons. The minimum Gasteiger partial charge on any atom is -0.330 e. The second-order valence-corrected chi connectivity index (χ2v) is 3.91. The van der Waals surface area contributed by atoms with Gasteiger partial charge in [0.25, 0.3) is 5.92 Å². The second kappa shape index (κ2) is 4.78. The smallest absolute Gasteiger partial charge is 0.330 e. The van der Waals surface area contributed by atoms with E-state index in [1.54, 1.807) is 0 Å². The summed E-state index contributed by atoms with van der Waals surface area (Å²) in [4.78, 5) is 0. The normalized spacial score (nSPS) is 12.9. The molecule has 0 unspecified atom stereocenters. The molecule has 0 bridgehead atoms. The number of nitrogens with two attached hydrogens (primary N) is 1. The Labute approximate surface area is 99.4 Å². The Morgan fingerprint density at radius 1 is 1.00 bits per heavy atom. The van der Waals surface area contributed by atoms with Crippen LogP contribution in [0.4, 0.5) is 22.0 Å². The van der Waals surface area contributed by atoms with Gasteiger partial charge in [-0.3, -0.25) is 0 Å². The maximum absolute atomic E-state index is 13.4. The van der Waals surface area contributed by atoms with Crippen LogP contribution in [0, 0.1) is 0 Å². The van der Waals surface area contributed by atoms with Gasteiger partial charge in [0.1, 0.15) is 0 Å². The summed E-state index contributed by atoms with van der Waals surface area (Å²) in [5.41, 5.74) is 3.01. The van der Waals surface area contributed by atoms with Crippen LogP contribution in [0.2, 0.25) is 5.02 Å². The Morgan fingerprint density at radius 2 is 1.53 bits per heavy atom. The van der Waals surface area contributed by atoms with Gasteiger partial charge in [-0.25, -0.2) is 8.78 Å². The molecule has 7 heteroatoms. The lowest BCUT2D eigenvalue weighted by Gasteiger charge is -2.18. The fourth-order valence-electron chi connectivity index (χ4n) is 1.29. The van der Waals surface area contributed by atoms with Crippen molar-refractivity contribution in [2.24, 2.45) is 5.73 Å². The van der Waals surface area contributed by atoms with E-state index in [2.05, 4.69) is 0 Å². The zero-order valence-electron chi connectivity index (χ0n) is 8.49. The first kappa shape index (κ1) is 14.2. The zero-order chi connectivity index (χ0) is 13.3. The van der Waals surface area contributed by atoms with E-state index in [4.69, 9.17) is 17.3 Å². The average molecular weight is 274 g/mol. The molecule has 17 heavy (non-hydrogen) atoms. The van der Waals surface area contributed by atoms with Crippen molar-refractivity contribution < 1.29 is 22.0 Å². The monoisotopic (exact) mass is 273 g/mol. The highest BCUT2D eigenvalue weighted by Crippen LogP contribution is 2.37. The van der Waals surface area contributed by atoms with Gasteiger partial charge < -0.3 is 5.73 Å². The van der Waals surface area contributed by atoms with Gasteiger partial charge in [-0.1, -0.05) is 11.6 Å². The van der Waals surface area contributed by atoms with Crippen LogP contribution in [0.3, 0.4) is 0 Å². The topological polar surface area (TPSA) is 26.0 Å². The predicted molar refractivity (Wildman–Crippen MR) is 54.0 cm³/mol. The van der Waals surface area contributed by atoms with Crippen molar-refractivity contribution >= 4 is 11.6 Å². The molecule has 1 aromatic carbocycles. The lowest BCUT2D eigenvalue weighted by atomic mass is 10.0. The van der Waals surface area contributed by atoms with Crippen molar-refractivity contribution in [2.45, 2.75) is 18.5 Å². The van der Waals surface area contributed by atoms with E-state index in [9.17, 15) is 22.0 Å². The van der Waals surface area contributed by atoms with Crippen LogP contribution in [-0.4, -0.2) is 6.54 Å². The van der Waals surface area contributed by atoms with E-state index < -0.39 is 29.6 Å². The summed E-state index contributed by atoms with van der Waals surface area (Å²) in [6, 6.07) is 1.80. The lowest BCUT2D eigenvalue weighted by Crippen LogP contribution is -2.19. The van der Waals surface area contributed by atoms with Crippen LogP contribution in [0.15, 0.2) is 18.2 Å². The van der Waals surface area contributed by atoms with Gasteiger partial charge in [-0.15, -0.1) is 0 Å². The summed E-state index contributed by atoms with van der Waals surface area (Å²) in [7, 11) is 0. The third-order valence-electron chi connectivity index (χ3n) is 2.11. The van der Waals surface area contributed by atoms with Crippen LogP contribution in [0.5, 0.6) is 0 Å². The minimum atomic E-state index is -4.71. The Morgan fingerprint density at radius 3 is 2.00 bits per heavy atom. The zero-order valence-corrected chi connectivity index (χ0v) is 9.25. The first-order valence-electron chi connectivity index (χ1n) is 4.63.